The minimum atomic E-state index is -0.847. The number of hydrogen-bond acceptors (Lipinski definition) is 5. The maximum atomic E-state index is 12.3. The molecule has 6 heteroatoms. The Balaban J connectivity index is 2.64. The fourth-order valence-electron chi connectivity index (χ4n) is 2.59. The van der Waals surface area contributed by atoms with Crippen LogP contribution in [0.3, 0.4) is 0 Å². The van der Waals surface area contributed by atoms with Gasteiger partial charge in [0.1, 0.15) is 11.6 Å². The second-order valence-electron chi connectivity index (χ2n) is 6.64. The highest BCUT2D eigenvalue weighted by molar-refractivity contribution is 6.07. The molecule has 1 fully saturated rings. The van der Waals surface area contributed by atoms with Crippen LogP contribution in [-0.2, 0) is 24.0 Å². The lowest BCUT2D eigenvalue weighted by molar-refractivity contribution is -0.146. The molecule has 0 spiro atoms. The van der Waals surface area contributed by atoms with Gasteiger partial charge in [0, 0.05) is 37.0 Å². The maximum absolute atomic E-state index is 12.3. The number of carbonyl (C=O) groups excluding carboxylic acids is 5. The van der Waals surface area contributed by atoms with E-state index in [-0.39, 0.29) is 54.3 Å². The molecule has 0 aromatic rings. The molecule has 4 unspecified atom stereocenters. The van der Waals surface area contributed by atoms with Gasteiger partial charge in [0.15, 0.2) is 5.78 Å². The fraction of sp³-hybridized carbons (Fsp3) is 0.706. The highest BCUT2D eigenvalue weighted by atomic mass is 16.2. The van der Waals surface area contributed by atoms with Crippen molar-refractivity contribution in [1.82, 2.24) is 4.90 Å². The molecule has 1 aliphatic heterocycles. The summed E-state index contributed by atoms with van der Waals surface area (Å²) in [5.74, 6) is -2.48. The number of rotatable bonds is 8. The van der Waals surface area contributed by atoms with Crippen LogP contribution in [0.15, 0.2) is 0 Å². The summed E-state index contributed by atoms with van der Waals surface area (Å²) in [5, 5.41) is 0. The predicted octanol–water partition coefficient (Wildman–Crippen LogP) is 1.55. The molecule has 0 N–H and O–H groups in total. The molecule has 0 aromatic carbocycles. The molecule has 1 rings (SSSR count). The van der Waals surface area contributed by atoms with Crippen molar-refractivity contribution in [2.24, 2.45) is 17.8 Å². The molecule has 0 aromatic heterocycles. The van der Waals surface area contributed by atoms with Crippen LogP contribution in [0, 0.1) is 17.8 Å². The first-order chi connectivity index (χ1) is 10.6. The number of likely N-dealkylation sites (tertiary alicyclic amines) is 1. The van der Waals surface area contributed by atoms with Gasteiger partial charge in [0.2, 0.25) is 11.8 Å². The van der Waals surface area contributed by atoms with E-state index in [2.05, 4.69) is 0 Å². The van der Waals surface area contributed by atoms with Crippen LogP contribution in [0.5, 0.6) is 0 Å². The summed E-state index contributed by atoms with van der Waals surface area (Å²) in [5.41, 5.74) is 0. The number of ketones is 3. The van der Waals surface area contributed by atoms with E-state index in [1.54, 1.807) is 20.8 Å². The minimum Gasteiger partial charge on any atom is -0.300 e. The van der Waals surface area contributed by atoms with E-state index in [0.29, 0.717) is 0 Å². The second-order valence-corrected chi connectivity index (χ2v) is 6.64. The van der Waals surface area contributed by atoms with Crippen molar-refractivity contribution in [3.8, 4) is 0 Å². The molecule has 2 amide bonds. The summed E-state index contributed by atoms with van der Waals surface area (Å²) in [6.45, 7) is 7.93. The fourth-order valence-corrected chi connectivity index (χ4v) is 2.59. The molecule has 1 saturated heterocycles. The Morgan fingerprint density at radius 1 is 1.04 bits per heavy atom. The van der Waals surface area contributed by atoms with Gasteiger partial charge in [0.25, 0.3) is 0 Å². The number of imide groups is 1. The first kappa shape index (κ1) is 19.2. The SMILES string of the molecule is CC(=O)C(C)CC(=O)C(C)CC(=O)C(C)N1C(=O)CC(C)C1=O. The average Bonchev–Trinajstić information content (AvgIpc) is 2.70. The van der Waals surface area contributed by atoms with Crippen molar-refractivity contribution in [2.45, 2.75) is 59.9 Å². The Kier molecular flexibility index (Phi) is 6.36. The van der Waals surface area contributed by atoms with Gasteiger partial charge in [-0.05, 0) is 13.8 Å². The molecule has 23 heavy (non-hydrogen) atoms. The Morgan fingerprint density at radius 2 is 1.57 bits per heavy atom. The number of carbonyl (C=O) groups is 5. The topological polar surface area (TPSA) is 88.6 Å². The molecule has 1 aliphatic rings. The van der Waals surface area contributed by atoms with Crippen LogP contribution < -0.4 is 0 Å². The van der Waals surface area contributed by atoms with Crippen molar-refractivity contribution in [1.29, 1.82) is 0 Å². The lowest BCUT2D eigenvalue weighted by Crippen LogP contribution is -2.43. The molecule has 0 bridgehead atoms. The van der Waals surface area contributed by atoms with Gasteiger partial charge in [-0.1, -0.05) is 20.8 Å². The van der Waals surface area contributed by atoms with Gasteiger partial charge in [-0.15, -0.1) is 0 Å². The van der Waals surface area contributed by atoms with E-state index >= 15 is 0 Å². The third-order valence-corrected chi connectivity index (χ3v) is 4.52. The van der Waals surface area contributed by atoms with E-state index in [4.69, 9.17) is 0 Å². The summed E-state index contributed by atoms with van der Waals surface area (Å²) in [6, 6.07) is -0.847. The van der Waals surface area contributed by atoms with Crippen LogP contribution in [0.2, 0.25) is 0 Å². The second kappa shape index (κ2) is 7.62. The first-order valence-electron chi connectivity index (χ1n) is 7.98. The lowest BCUT2D eigenvalue weighted by Gasteiger charge is -2.23. The lowest BCUT2D eigenvalue weighted by atomic mass is 9.90. The number of Topliss-reactive ketones (excluding diaryl/α,β-unsaturated/α-hetero) is 3. The monoisotopic (exact) mass is 323 g/mol. The first-order valence-corrected chi connectivity index (χ1v) is 7.98. The zero-order chi connectivity index (χ0) is 17.9. The van der Waals surface area contributed by atoms with E-state index in [1.165, 1.54) is 13.8 Å². The Hall–Kier alpha value is -1.85. The molecule has 6 nitrogen and oxygen atoms in total. The highest BCUT2D eigenvalue weighted by Crippen LogP contribution is 2.23. The van der Waals surface area contributed by atoms with Gasteiger partial charge < -0.3 is 0 Å². The number of hydrogen-bond donors (Lipinski definition) is 0. The molecular formula is C17H25NO5. The van der Waals surface area contributed by atoms with E-state index in [1.807, 2.05) is 0 Å². The molecule has 128 valence electrons. The molecule has 1 heterocycles. The van der Waals surface area contributed by atoms with E-state index < -0.39 is 17.9 Å². The molecule has 4 atom stereocenters. The minimum absolute atomic E-state index is 0.0317. The predicted molar refractivity (Wildman–Crippen MR) is 83.4 cm³/mol. The van der Waals surface area contributed by atoms with Crippen molar-refractivity contribution in [3.05, 3.63) is 0 Å². The Bertz CT molecular complexity index is 539. The molecule has 0 aliphatic carbocycles. The van der Waals surface area contributed by atoms with Crippen molar-refractivity contribution >= 4 is 29.2 Å². The standard InChI is InChI=1S/C17H25NO5/c1-9(13(5)19)6-14(20)10(2)7-15(21)12(4)18-16(22)8-11(3)17(18)23/h9-12H,6-8H2,1-5H3. The van der Waals surface area contributed by atoms with Crippen LogP contribution in [0.1, 0.15) is 53.9 Å². The Labute approximate surface area is 136 Å². The van der Waals surface area contributed by atoms with E-state index in [0.717, 1.165) is 4.90 Å². The maximum Gasteiger partial charge on any atom is 0.233 e. The van der Waals surface area contributed by atoms with Gasteiger partial charge in [-0.25, -0.2) is 0 Å². The third-order valence-electron chi connectivity index (χ3n) is 4.52. The number of nitrogens with zero attached hydrogens (tertiary/aromatic N) is 1. The summed E-state index contributed by atoms with van der Waals surface area (Å²) >= 11 is 0. The zero-order valence-electron chi connectivity index (χ0n) is 14.4. The smallest absolute Gasteiger partial charge is 0.233 e. The number of amides is 2. The molecule has 0 radical (unpaired) electrons. The van der Waals surface area contributed by atoms with Gasteiger partial charge >= 0.3 is 0 Å². The van der Waals surface area contributed by atoms with Crippen LogP contribution in [-0.4, -0.2) is 40.1 Å². The Morgan fingerprint density at radius 3 is 2.00 bits per heavy atom. The average molecular weight is 323 g/mol. The normalized spacial score (nSPS) is 22.0. The van der Waals surface area contributed by atoms with Gasteiger partial charge in [-0.3, -0.25) is 28.9 Å². The summed E-state index contributed by atoms with van der Waals surface area (Å²) in [4.78, 5) is 60.4. The third kappa shape index (κ3) is 4.56. The highest BCUT2D eigenvalue weighted by Gasteiger charge is 2.41. The summed E-state index contributed by atoms with van der Waals surface area (Å²) in [6.07, 6.45) is 0.202. The largest absolute Gasteiger partial charge is 0.300 e. The van der Waals surface area contributed by atoms with Crippen molar-refractivity contribution in [3.63, 3.8) is 0 Å². The molecule has 0 saturated carbocycles. The van der Waals surface area contributed by atoms with Crippen molar-refractivity contribution < 1.29 is 24.0 Å². The van der Waals surface area contributed by atoms with Gasteiger partial charge in [0.05, 0.1) is 6.04 Å². The summed E-state index contributed by atoms with van der Waals surface area (Å²) in [7, 11) is 0. The van der Waals surface area contributed by atoms with E-state index in [9.17, 15) is 24.0 Å². The zero-order valence-corrected chi connectivity index (χ0v) is 14.4. The van der Waals surface area contributed by atoms with Crippen LogP contribution >= 0.6 is 0 Å². The van der Waals surface area contributed by atoms with Crippen LogP contribution in [0.4, 0.5) is 0 Å². The van der Waals surface area contributed by atoms with Gasteiger partial charge in [-0.2, -0.15) is 0 Å². The van der Waals surface area contributed by atoms with Crippen LogP contribution in [0.25, 0.3) is 0 Å². The quantitative estimate of drug-likeness (QED) is 0.632. The van der Waals surface area contributed by atoms with Crippen molar-refractivity contribution in [2.75, 3.05) is 0 Å². The summed E-state index contributed by atoms with van der Waals surface area (Å²) < 4.78 is 0. The molecular weight excluding hydrogens is 298 g/mol.